The second-order valence-electron chi connectivity index (χ2n) is 6.50. The zero-order valence-corrected chi connectivity index (χ0v) is 16.3. The molecule has 1 amide bonds. The van der Waals surface area contributed by atoms with Crippen molar-refractivity contribution in [1.82, 2.24) is 9.97 Å². The second kappa shape index (κ2) is 9.45. The number of amides is 1. The predicted molar refractivity (Wildman–Crippen MR) is 105 cm³/mol. The fourth-order valence-electron chi connectivity index (χ4n) is 3.33. The highest BCUT2D eigenvalue weighted by Crippen LogP contribution is 2.32. The molecule has 1 aliphatic carbocycles. The maximum Gasteiger partial charge on any atom is 0.348 e. The van der Waals surface area contributed by atoms with E-state index < -0.39 is 23.8 Å². The minimum atomic E-state index is -0.737. The summed E-state index contributed by atoms with van der Waals surface area (Å²) in [4.78, 5) is 45.9. The molecule has 2 unspecified atom stereocenters. The van der Waals surface area contributed by atoms with Crippen molar-refractivity contribution in [2.75, 3.05) is 11.6 Å². The van der Waals surface area contributed by atoms with Crippen molar-refractivity contribution >= 4 is 35.3 Å². The molecule has 7 nitrogen and oxygen atoms in total. The molecule has 1 fully saturated rings. The second-order valence-corrected chi connectivity index (χ2v) is 7.29. The van der Waals surface area contributed by atoms with Crippen molar-refractivity contribution in [2.45, 2.75) is 30.7 Å². The molecular weight excluding hydrogens is 378 g/mol. The molecule has 146 valence electrons. The first-order chi connectivity index (χ1) is 13.6. The van der Waals surface area contributed by atoms with Crippen molar-refractivity contribution in [3.63, 3.8) is 0 Å². The predicted octanol–water partition coefficient (Wildman–Crippen LogP) is 3.33. The Morgan fingerprint density at radius 2 is 1.86 bits per heavy atom. The summed E-state index contributed by atoms with van der Waals surface area (Å²) < 4.78 is 5.13. The number of ether oxygens (including phenoxy) is 1. The van der Waals surface area contributed by atoms with Crippen LogP contribution in [0.25, 0.3) is 0 Å². The highest BCUT2D eigenvalue weighted by atomic mass is 32.2. The summed E-state index contributed by atoms with van der Waals surface area (Å²) in [6.45, 7) is 0. The molecule has 2 aromatic heterocycles. The third kappa shape index (κ3) is 4.75. The van der Waals surface area contributed by atoms with E-state index in [0.29, 0.717) is 23.6 Å². The molecule has 1 aliphatic rings. The van der Waals surface area contributed by atoms with Crippen molar-refractivity contribution in [3.8, 4) is 0 Å². The van der Waals surface area contributed by atoms with Crippen molar-refractivity contribution < 1.29 is 19.1 Å². The van der Waals surface area contributed by atoms with Crippen molar-refractivity contribution in [2.24, 2.45) is 11.8 Å². The minimum Gasteiger partial charge on any atom is -0.389 e. The summed E-state index contributed by atoms with van der Waals surface area (Å²) >= 11 is 1.30. The van der Waals surface area contributed by atoms with Crippen molar-refractivity contribution in [3.05, 3.63) is 48.4 Å². The van der Waals surface area contributed by atoms with Crippen LogP contribution in [-0.2, 0) is 14.3 Å². The molecule has 0 bridgehead atoms. The molecule has 8 heteroatoms. The first-order valence-electron chi connectivity index (χ1n) is 9.06. The van der Waals surface area contributed by atoms with Crippen LogP contribution in [0, 0.1) is 11.8 Å². The van der Waals surface area contributed by atoms with Crippen LogP contribution >= 0.6 is 11.8 Å². The number of esters is 2. The smallest absolute Gasteiger partial charge is 0.348 e. The number of aromatic nitrogens is 2. The number of thioether (sulfide) groups is 1. The van der Waals surface area contributed by atoms with E-state index >= 15 is 0 Å². The fourth-order valence-corrected chi connectivity index (χ4v) is 3.87. The number of anilines is 1. The Bertz CT molecular complexity index is 860. The minimum absolute atomic E-state index is 0.246. The summed E-state index contributed by atoms with van der Waals surface area (Å²) in [6, 6.07) is 6.64. The van der Waals surface area contributed by atoms with E-state index in [2.05, 4.69) is 15.3 Å². The Labute approximate surface area is 167 Å². The molecule has 0 saturated heterocycles. The van der Waals surface area contributed by atoms with Gasteiger partial charge in [0, 0.05) is 12.4 Å². The van der Waals surface area contributed by atoms with Crippen LogP contribution in [0.1, 0.15) is 36.0 Å². The molecule has 0 aliphatic heterocycles. The number of hydrogen-bond acceptors (Lipinski definition) is 7. The van der Waals surface area contributed by atoms with E-state index in [9.17, 15) is 14.4 Å². The van der Waals surface area contributed by atoms with Gasteiger partial charge in [-0.15, -0.1) is 11.8 Å². The van der Waals surface area contributed by atoms with Crippen LogP contribution in [0.15, 0.2) is 47.9 Å². The lowest BCUT2D eigenvalue weighted by atomic mass is 9.78. The molecule has 1 saturated carbocycles. The van der Waals surface area contributed by atoms with Gasteiger partial charge in [0.05, 0.1) is 29.3 Å². The fraction of sp³-hybridized carbons (Fsp3) is 0.350. The highest BCUT2D eigenvalue weighted by Gasteiger charge is 2.38. The SMILES string of the molecule is CSc1ncccc1C(=O)OC(=O)C1CCCCC1C(=O)Nc1cccnc1. The molecule has 28 heavy (non-hydrogen) atoms. The maximum absolute atomic E-state index is 12.7. The van der Waals surface area contributed by atoms with Gasteiger partial charge < -0.3 is 10.1 Å². The summed E-state index contributed by atoms with van der Waals surface area (Å²) in [6.07, 6.45) is 9.27. The Morgan fingerprint density at radius 1 is 1.11 bits per heavy atom. The Morgan fingerprint density at radius 3 is 2.57 bits per heavy atom. The first kappa shape index (κ1) is 20.0. The lowest BCUT2D eigenvalue weighted by Gasteiger charge is -2.28. The van der Waals surface area contributed by atoms with Gasteiger partial charge in [-0.2, -0.15) is 0 Å². The number of hydrogen-bond donors (Lipinski definition) is 1. The van der Waals surface area contributed by atoms with Crippen LogP contribution in [-0.4, -0.2) is 34.1 Å². The molecular formula is C20H21N3O4S. The van der Waals surface area contributed by atoms with Gasteiger partial charge in [0.1, 0.15) is 5.03 Å². The van der Waals surface area contributed by atoms with E-state index in [4.69, 9.17) is 4.74 Å². The van der Waals surface area contributed by atoms with Gasteiger partial charge in [0.2, 0.25) is 5.91 Å². The lowest BCUT2D eigenvalue weighted by Crippen LogP contribution is -2.37. The number of pyridine rings is 2. The van der Waals surface area contributed by atoms with E-state index in [-0.39, 0.29) is 11.5 Å². The highest BCUT2D eigenvalue weighted by molar-refractivity contribution is 7.98. The number of carbonyl (C=O) groups excluding carboxylic acids is 3. The topological polar surface area (TPSA) is 98.2 Å². The van der Waals surface area contributed by atoms with Crippen LogP contribution in [0.4, 0.5) is 5.69 Å². The van der Waals surface area contributed by atoms with E-state index in [1.165, 1.54) is 11.8 Å². The number of rotatable bonds is 5. The van der Waals surface area contributed by atoms with Crippen LogP contribution in [0.3, 0.4) is 0 Å². The Kier molecular flexibility index (Phi) is 6.76. The van der Waals surface area contributed by atoms with E-state index in [0.717, 1.165) is 12.8 Å². The van der Waals surface area contributed by atoms with Gasteiger partial charge in [-0.3, -0.25) is 14.6 Å². The van der Waals surface area contributed by atoms with Gasteiger partial charge >= 0.3 is 11.9 Å². The molecule has 0 radical (unpaired) electrons. The normalized spacial score (nSPS) is 18.9. The summed E-state index contributed by atoms with van der Waals surface area (Å²) in [5.74, 6) is -2.84. The van der Waals surface area contributed by atoms with Crippen LogP contribution in [0.2, 0.25) is 0 Å². The summed E-state index contributed by atoms with van der Waals surface area (Å²) in [7, 11) is 0. The average molecular weight is 399 g/mol. The van der Waals surface area contributed by atoms with Crippen molar-refractivity contribution in [1.29, 1.82) is 0 Å². The number of nitrogens with zero attached hydrogens (tertiary/aromatic N) is 2. The van der Waals surface area contributed by atoms with E-state index in [1.54, 1.807) is 49.1 Å². The zero-order chi connectivity index (χ0) is 19.9. The third-order valence-corrected chi connectivity index (χ3v) is 5.42. The molecule has 3 rings (SSSR count). The van der Waals surface area contributed by atoms with Gasteiger partial charge in [0.25, 0.3) is 0 Å². The number of nitrogens with one attached hydrogen (secondary N) is 1. The van der Waals surface area contributed by atoms with E-state index in [1.807, 2.05) is 0 Å². The third-order valence-electron chi connectivity index (χ3n) is 4.71. The zero-order valence-electron chi connectivity index (χ0n) is 15.5. The molecule has 0 spiro atoms. The summed E-state index contributed by atoms with van der Waals surface area (Å²) in [5, 5.41) is 3.29. The number of carbonyl (C=O) groups is 3. The van der Waals surface area contributed by atoms with Gasteiger partial charge in [-0.1, -0.05) is 12.8 Å². The van der Waals surface area contributed by atoms with Gasteiger partial charge in [0.15, 0.2) is 0 Å². The summed E-state index contributed by atoms with van der Waals surface area (Å²) in [5.41, 5.74) is 0.816. The van der Waals surface area contributed by atoms with Crippen LogP contribution < -0.4 is 5.32 Å². The van der Waals surface area contributed by atoms with Gasteiger partial charge in [-0.25, -0.2) is 9.78 Å². The first-order valence-corrected chi connectivity index (χ1v) is 10.3. The Balaban J connectivity index is 1.70. The molecule has 2 heterocycles. The maximum atomic E-state index is 12.7. The molecule has 1 N–H and O–H groups in total. The Hall–Kier alpha value is -2.74. The molecule has 2 aromatic rings. The standard InChI is InChI=1S/C20H21N3O4S/c1-28-18-16(9-5-11-22-18)20(26)27-19(25)15-8-3-2-7-14(15)17(24)23-13-6-4-10-21-12-13/h4-6,9-12,14-15H,2-3,7-8H2,1H3,(H,23,24). The quantitative estimate of drug-likeness (QED) is 0.468. The molecule has 0 aromatic carbocycles. The van der Waals surface area contributed by atoms with Crippen LogP contribution in [0.5, 0.6) is 0 Å². The lowest BCUT2D eigenvalue weighted by molar-refractivity contribution is -0.148. The monoisotopic (exact) mass is 399 g/mol. The largest absolute Gasteiger partial charge is 0.389 e. The molecule has 2 atom stereocenters. The van der Waals surface area contributed by atoms with Gasteiger partial charge in [-0.05, 0) is 43.4 Å². The average Bonchev–Trinajstić information content (AvgIpc) is 2.74.